The van der Waals surface area contributed by atoms with Crippen molar-refractivity contribution in [3.05, 3.63) is 34.3 Å². The molecule has 1 N–H and O–H groups in total. The van der Waals surface area contributed by atoms with Gasteiger partial charge in [0, 0.05) is 24.1 Å². The van der Waals surface area contributed by atoms with Gasteiger partial charge in [0.2, 0.25) is 0 Å². The molecule has 0 aliphatic carbocycles. The van der Waals surface area contributed by atoms with Crippen molar-refractivity contribution in [1.29, 1.82) is 0 Å². The predicted octanol–water partition coefficient (Wildman–Crippen LogP) is 1.66. The van der Waals surface area contributed by atoms with Crippen molar-refractivity contribution in [2.45, 2.75) is 0 Å². The van der Waals surface area contributed by atoms with Gasteiger partial charge in [-0.05, 0) is 24.3 Å². The fraction of sp³-hybridized carbons (Fsp3) is 0.222. The van der Waals surface area contributed by atoms with Crippen LogP contribution in [0.25, 0.3) is 0 Å². The van der Waals surface area contributed by atoms with Crippen LogP contribution in [-0.4, -0.2) is 25.0 Å². The van der Waals surface area contributed by atoms with E-state index in [1.165, 1.54) is 0 Å². The molecule has 3 nitrogen and oxygen atoms in total. The van der Waals surface area contributed by atoms with Gasteiger partial charge in [-0.25, -0.2) is 5.01 Å². The number of amides is 1. The SMILES string of the molecule is CN(C)NC(=O)c1ccc(Br)cc1. The van der Waals surface area contributed by atoms with E-state index >= 15 is 0 Å². The van der Waals surface area contributed by atoms with Crippen molar-refractivity contribution in [2.24, 2.45) is 0 Å². The molecule has 0 aromatic heterocycles. The topological polar surface area (TPSA) is 32.3 Å². The van der Waals surface area contributed by atoms with Gasteiger partial charge >= 0.3 is 0 Å². The molecule has 1 rings (SSSR count). The third-order valence-electron chi connectivity index (χ3n) is 1.43. The molecule has 0 spiro atoms. The number of hydrogen-bond acceptors (Lipinski definition) is 2. The molecular weight excluding hydrogens is 232 g/mol. The van der Waals surface area contributed by atoms with E-state index in [4.69, 9.17) is 0 Å². The fourth-order valence-electron chi connectivity index (χ4n) is 0.869. The van der Waals surface area contributed by atoms with E-state index in [-0.39, 0.29) is 5.91 Å². The lowest BCUT2D eigenvalue weighted by atomic mass is 10.2. The van der Waals surface area contributed by atoms with E-state index in [1.54, 1.807) is 31.2 Å². The molecule has 1 amide bonds. The van der Waals surface area contributed by atoms with Crippen LogP contribution in [0.15, 0.2) is 28.7 Å². The van der Waals surface area contributed by atoms with E-state index in [1.807, 2.05) is 12.1 Å². The van der Waals surface area contributed by atoms with Crippen LogP contribution in [0.5, 0.6) is 0 Å². The highest BCUT2D eigenvalue weighted by molar-refractivity contribution is 9.10. The van der Waals surface area contributed by atoms with E-state index in [0.29, 0.717) is 5.56 Å². The van der Waals surface area contributed by atoms with Crippen LogP contribution in [0.1, 0.15) is 10.4 Å². The van der Waals surface area contributed by atoms with E-state index in [2.05, 4.69) is 21.4 Å². The van der Waals surface area contributed by atoms with Crippen LogP contribution in [0.3, 0.4) is 0 Å². The van der Waals surface area contributed by atoms with Crippen molar-refractivity contribution in [3.8, 4) is 0 Å². The Balaban J connectivity index is 2.72. The second-order valence-electron chi connectivity index (χ2n) is 2.84. The molecule has 70 valence electrons. The van der Waals surface area contributed by atoms with Crippen LogP contribution in [0.2, 0.25) is 0 Å². The summed E-state index contributed by atoms with van der Waals surface area (Å²) in [4.78, 5) is 11.4. The van der Waals surface area contributed by atoms with Gasteiger partial charge in [-0.3, -0.25) is 10.2 Å². The average Bonchev–Trinajstić information content (AvgIpc) is 2.04. The minimum atomic E-state index is -0.0995. The van der Waals surface area contributed by atoms with Crippen LogP contribution in [0.4, 0.5) is 0 Å². The monoisotopic (exact) mass is 242 g/mol. The molecule has 13 heavy (non-hydrogen) atoms. The van der Waals surface area contributed by atoms with Gasteiger partial charge in [-0.2, -0.15) is 0 Å². The Hall–Kier alpha value is -0.870. The molecule has 1 aromatic rings. The largest absolute Gasteiger partial charge is 0.285 e. The van der Waals surface area contributed by atoms with E-state index < -0.39 is 0 Å². The molecule has 0 fully saturated rings. The molecule has 0 heterocycles. The zero-order valence-corrected chi connectivity index (χ0v) is 9.13. The van der Waals surface area contributed by atoms with E-state index in [9.17, 15) is 4.79 Å². The Morgan fingerprint density at radius 2 is 1.85 bits per heavy atom. The summed E-state index contributed by atoms with van der Waals surface area (Å²) in [5.74, 6) is -0.0995. The maximum atomic E-state index is 11.4. The third-order valence-corrected chi connectivity index (χ3v) is 1.96. The lowest BCUT2D eigenvalue weighted by Crippen LogP contribution is -2.36. The Morgan fingerprint density at radius 1 is 1.31 bits per heavy atom. The highest BCUT2D eigenvalue weighted by Crippen LogP contribution is 2.10. The minimum absolute atomic E-state index is 0.0995. The van der Waals surface area contributed by atoms with Gasteiger partial charge in [-0.15, -0.1) is 0 Å². The molecule has 0 saturated carbocycles. The maximum absolute atomic E-state index is 11.4. The lowest BCUT2D eigenvalue weighted by Gasteiger charge is -2.11. The Kier molecular flexibility index (Phi) is 3.45. The zero-order valence-electron chi connectivity index (χ0n) is 7.54. The lowest BCUT2D eigenvalue weighted by molar-refractivity contribution is 0.0857. The molecule has 4 heteroatoms. The summed E-state index contributed by atoms with van der Waals surface area (Å²) in [5, 5.41) is 1.62. The van der Waals surface area contributed by atoms with Crippen molar-refractivity contribution < 1.29 is 4.79 Å². The smallest absolute Gasteiger partial charge is 0.265 e. The van der Waals surface area contributed by atoms with Crippen molar-refractivity contribution in [1.82, 2.24) is 10.4 Å². The van der Waals surface area contributed by atoms with Crippen molar-refractivity contribution >= 4 is 21.8 Å². The zero-order chi connectivity index (χ0) is 9.84. The van der Waals surface area contributed by atoms with Crippen LogP contribution in [-0.2, 0) is 0 Å². The fourth-order valence-corrected chi connectivity index (χ4v) is 1.13. The molecule has 0 atom stereocenters. The molecule has 0 radical (unpaired) electrons. The number of benzene rings is 1. The maximum Gasteiger partial charge on any atom is 0.265 e. The number of hydrogen-bond donors (Lipinski definition) is 1. The molecule has 0 aliphatic rings. The molecule has 1 aromatic carbocycles. The van der Waals surface area contributed by atoms with Gasteiger partial charge in [0.15, 0.2) is 0 Å². The van der Waals surface area contributed by atoms with E-state index in [0.717, 1.165) is 4.47 Å². The van der Waals surface area contributed by atoms with Crippen LogP contribution in [0, 0.1) is 0 Å². The first-order valence-corrected chi connectivity index (χ1v) is 4.63. The molecular formula is C9H11BrN2O. The number of halogens is 1. The molecule has 0 bridgehead atoms. The second kappa shape index (κ2) is 4.39. The summed E-state index contributed by atoms with van der Waals surface area (Å²) in [6.45, 7) is 0. The summed E-state index contributed by atoms with van der Waals surface area (Å²) >= 11 is 3.30. The number of nitrogens with zero attached hydrogens (tertiary/aromatic N) is 1. The average molecular weight is 243 g/mol. The van der Waals surface area contributed by atoms with Gasteiger partial charge < -0.3 is 0 Å². The summed E-state index contributed by atoms with van der Waals surface area (Å²) < 4.78 is 0.967. The van der Waals surface area contributed by atoms with Gasteiger partial charge in [0.05, 0.1) is 0 Å². The number of hydrazine groups is 1. The first-order chi connectivity index (χ1) is 6.09. The van der Waals surface area contributed by atoms with Gasteiger partial charge in [0.1, 0.15) is 0 Å². The predicted molar refractivity (Wildman–Crippen MR) is 55.3 cm³/mol. The first-order valence-electron chi connectivity index (χ1n) is 3.83. The van der Waals surface area contributed by atoms with Crippen LogP contribution >= 0.6 is 15.9 Å². The van der Waals surface area contributed by atoms with Crippen LogP contribution < -0.4 is 5.43 Å². The molecule has 0 aliphatic heterocycles. The normalized spacial score (nSPS) is 10.2. The minimum Gasteiger partial charge on any atom is -0.285 e. The Labute approximate surface area is 85.8 Å². The summed E-state index contributed by atoms with van der Waals surface area (Å²) in [6, 6.07) is 7.21. The number of nitrogens with one attached hydrogen (secondary N) is 1. The number of rotatable bonds is 2. The third kappa shape index (κ3) is 3.16. The Morgan fingerprint density at radius 3 is 2.31 bits per heavy atom. The first kappa shape index (κ1) is 10.2. The number of carbonyl (C=O) groups excluding carboxylic acids is 1. The summed E-state index contributed by atoms with van der Waals surface area (Å²) in [7, 11) is 3.55. The summed E-state index contributed by atoms with van der Waals surface area (Å²) in [5.41, 5.74) is 3.31. The van der Waals surface area contributed by atoms with Gasteiger partial charge in [0.25, 0.3) is 5.91 Å². The summed E-state index contributed by atoms with van der Waals surface area (Å²) in [6.07, 6.45) is 0. The highest BCUT2D eigenvalue weighted by atomic mass is 79.9. The van der Waals surface area contributed by atoms with Crippen molar-refractivity contribution in [2.75, 3.05) is 14.1 Å². The molecule has 0 unspecified atom stereocenters. The standard InChI is InChI=1S/C9H11BrN2O/c1-12(2)11-9(13)7-3-5-8(10)6-4-7/h3-6H,1-2H3,(H,11,13). The number of carbonyl (C=O) groups is 1. The Bertz CT molecular complexity index is 295. The van der Waals surface area contributed by atoms with Gasteiger partial charge in [-0.1, -0.05) is 15.9 Å². The second-order valence-corrected chi connectivity index (χ2v) is 3.76. The quantitative estimate of drug-likeness (QED) is 0.801. The molecule has 0 saturated heterocycles. The van der Waals surface area contributed by atoms with Crippen molar-refractivity contribution in [3.63, 3.8) is 0 Å². The highest BCUT2D eigenvalue weighted by Gasteiger charge is 2.04.